The predicted octanol–water partition coefficient (Wildman–Crippen LogP) is 3.55. The molecule has 0 saturated carbocycles. The molecule has 0 radical (unpaired) electrons. The molecule has 188 valence electrons. The fourth-order valence-electron chi connectivity index (χ4n) is 4.40. The highest BCUT2D eigenvalue weighted by Crippen LogP contribution is 2.29. The zero-order valence-electron chi connectivity index (χ0n) is 20.0. The average molecular weight is 525 g/mol. The van der Waals surface area contributed by atoms with Crippen LogP contribution >= 0.6 is 23.5 Å². The smallest absolute Gasteiger partial charge is 0.290 e. The van der Waals surface area contributed by atoms with Crippen molar-refractivity contribution in [1.29, 1.82) is 0 Å². The second kappa shape index (κ2) is 11.4. The molecule has 2 saturated heterocycles. The van der Waals surface area contributed by atoms with Crippen LogP contribution in [-0.4, -0.2) is 58.6 Å². The molecule has 0 aliphatic carbocycles. The van der Waals surface area contributed by atoms with E-state index in [1.54, 1.807) is 19.3 Å². The van der Waals surface area contributed by atoms with Crippen LogP contribution in [0.4, 0.5) is 10.7 Å². The summed E-state index contributed by atoms with van der Waals surface area (Å²) in [6.45, 7) is 3.38. The lowest BCUT2D eigenvalue weighted by atomic mass is 9.97. The third kappa shape index (κ3) is 6.08. The lowest BCUT2D eigenvalue weighted by Crippen LogP contribution is -2.38. The molecule has 3 aliphatic heterocycles. The van der Waals surface area contributed by atoms with Crippen molar-refractivity contribution in [3.63, 3.8) is 0 Å². The standard InChI is InChI=1S/C25H28N6O3S2/c1-34-22-12-19(11-21-23(32)30-25(33)36-21)28-24(29-22)31-8-5-16(6-9-31)13-26-14-18-3-2-4-20(27-18)17-7-10-35-15-17/h2-4,7,10-12,16-17,26H,5-6,8-9,13-15H2,1H3,(H,30,32,33)/b21-11-. The van der Waals surface area contributed by atoms with Crippen molar-refractivity contribution in [2.45, 2.75) is 25.3 Å². The molecular formula is C25H28N6O3S2. The van der Waals surface area contributed by atoms with E-state index in [-0.39, 0.29) is 5.24 Å². The fourth-order valence-corrected chi connectivity index (χ4v) is 5.97. The minimum absolute atomic E-state index is 0.315. The first kappa shape index (κ1) is 24.8. The molecule has 0 bridgehead atoms. The van der Waals surface area contributed by atoms with Crippen LogP contribution in [0.25, 0.3) is 6.08 Å². The molecule has 0 spiro atoms. The maximum absolute atomic E-state index is 11.9. The monoisotopic (exact) mass is 524 g/mol. The summed E-state index contributed by atoms with van der Waals surface area (Å²) in [6.07, 6.45) is 5.87. The molecule has 3 aliphatic rings. The molecule has 2 aromatic rings. The highest BCUT2D eigenvalue weighted by molar-refractivity contribution is 8.18. The van der Waals surface area contributed by atoms with Crippen LogP contribution in [0.1, 0.15) is 35.8 Å². The van der Waals surface area contributed by atoms with E-state index >= 15 is 0 Å². The van der Waals surface area contributed by atoms with Crippen molar-refractivity contribution >= 4 is 46.7 Å². The number of carbonyl (C=O) groups excluding carboxylic acids is 2. The Hall–Kier alpha value is -2.89. The van der Waals surface area contributed by atoms with E-state index in [1.807, 2.05) is 11.8 Å². The van der Waals surface area contributed by atoms with Crippen LogP contribution < -0.4 is 20.3 Å². The number of anilines is 1. The van der Waals surface area contributed by atoms with E-state index in [1.165, 1.54) is 0 Å². The molecule has 5 heterocycles. The van der Waals surface area contributed by atoms with Crippen molar-refractivity contribution < 1.29 is 14.3 Å². The SMILES string of the molecule is COc1cc(/C=C2\SC(=O)NC2=O)nc(N2CCC(CNCc3cccc(C4C=CSC4)n3)CC2)n1. The number of carbonyl (C=O) groups is 2. The van der Waals surface area contributed by atoms with Crippen molar-refractivity contribution in [2.75, 3.05) is 37.4 Å². The maximum Gasteiger partial charge on any atom is 0.290 e. The summed E-state index contributed by atoms with van der Waals surface area (Å²) in [7, 11) is 1.55. The highest BCUT2D eigenvalue weighted by atomic mass is 32.2. The van der Waals surface area contributed by atoms with Crippen LogP contribution in [-0.2, 0) is 11.3 Å². The maximum atomic E-state index is 11.9. The molecule has 36 heavy (non-hydrogen) atoms. The van der Waals surface area contributed by atoms with E-state index in [2.05, 4.69) is 55.2 Å². The number of pyridine rings is 1. The van der Waals surface area contributed by atoms with Crippen molar-refractivity contribution in [1.82, 2.24) is 25.6 Å². The lowest BCUT2D eigenvalue weighted by Gasteiger charge is -2.32. The van der Waals surface area contributed by atoms with Crippen molar-refractivity contribution in [3.05, 3.63) is 57.7 Å². The number of nitrogens with zero attached hydrogens (tertiary/aromatic N) is 4. The third-order valence-electron chi connectivity index (χ3n) is 6.37. The first-order chi connectivity index (χ1) is 17.6. The van der Waals surface area contributed by atoms with Gasteiger partial charge in [0.05, 0.1) is 23.4 Å². The summed E-state index contributed by atoms with van der Waals surface area (Å²) in [5.41, 5.74) is 2.77. The van der Waals surface area contributed by atoms with Gasteiger partial charge >= 0.3 is 0 Å². The van der Waals surface area contributed by atoms with Crippen molar-refractivity contribution in [2.24, 2.45) is 5.92 Å². The molecule has 5 rings (SSSR count). The van der Waals surface area contributed by atoms with Crippen LogP contribution in [0.2, 0.25) is 0 Å². The molecule has 9 nitrogen and oxygen atoms in total. The molecule has 2 N–H and O–H groups in total. The molecular weight excluding hydrogens is 496 g/mol. The van der Waals surface area contributed by atoms with E-state index in [4.69, 9.17) is 9.72 Å². The van der Waals surface area contributed by atoms with Gasteiger partial charge < -0.3 is 15.0 Å². The number of thioether (sulfide) groups is 2. The van der Waals surface area contributed by atoms with Crippen molar-refractivity contribution in [3.8, 4) is 5.88 Å². The van der Waals surface area contributed by atoms with Gasteiger partial charge in [0, 0.05) is 43.1 Å². The Balaban J connectivity index is 1.14. The lowest BCUT2D eigenvalue weighted by molar-refractivity contribution is -0.115. The van der Waals surface area contributed by atoms with Crippen LogP contribution in [0.5, 0.6) is 5.88 Å². The van der Waals surface area contributed by atoms with Gasteiger partial charge in [-0.1, -0.05) is 12.1 Å². The molecule has 0 aromatic carbocycles. The highest BCUT2D eigenvalue weighted by Gasteiger charge is 2.26. The van der Waals surface area contributed by atoms with Gasteiger partial charge in [-0.05, 0) is 60.7 Å². The number of rotatable bonds is 8. The summed E-state index contributed by atoms with van der Waals surface area (Å²) < 4.78 is 5.35. The number of allylic oxidation sites excluding steroid dienone is 1. The zero-order valence-corrected chi connectivity index (χ0v) is 21.6. The number of nitrogens with one attached hydrogen (secondary N) is 2. The Morgan fingerprint density at radius 1 is 1.22 bits per heavy atom. The largest absolute Gasteiger partial charge is 0.481 e. The Kier molecular flexibility index (Phi) is 7.88. The third-order valence-corrected chi connectivity index (χ3v) is 8.08. The number of ether oxygens (including phenoxy) is 1. The second-order valence-electron chi connectivity index (χ2n) is 8.87. The Labute approximate surface area is 218 Å². The topological polar surface area (TPSA) is 109 Å². The first-order valence-corrected chi connectivity index (χ1v) is 13.8. The summed E-state index contributed by atoms with van der Waals surface area (Å²) in [4.78, 5) is 39.8. The second-order valence-corrected chi connectivity index (χ2v) is 10.8. The molecule has 2 amide bonds. The van der Waals surface area contributed by atoms with Gasteiger partial charge in [0.2, 0.25) is 11.8 Å². The zero-order chi connectivity index (χ0) is 24.9. The number of imide groups is 1. The van der Waals surface area contributed by atoms with Crippen LogP contribution in [0, 0.1) is 5.92 Å². The molecule has 1 unspecified atom stereocenters. The van der Waals surface area contributed by atoms with Crippen LogP contribution in [0.3, 0.4) is 0 Å². The van der Waals surface area contributed by atoms with Crippen LogP contribution in [0.15, 0.2) is 40.7 Å². The number of aromatic nitrogens is 3. The van der Waals surface area contributed by atoms with Gasteiger partial charge in [0.15, 0.2) is 0 Å². The fraction of sp³-hybridized carbons (Fsp3) is 0.400. The average Bonchev–Trinajstić information content (AvgIpc) is 3.54. The van der Waals surface area contributed by atoms with Gasteiger partial charge in [-0.25, -0.2) is 4.98 Å². The summed E-state index contributed by atoms with van der Waals surface area (Å²) in [5, 5.41) is 7.63. The number of hydrogen-bond acceptors (Lipinski definition) is 10. The first-order valence-electron chi connectivity index (χ1n) is 11.9. The Bertz CT molecular complexity index is 1200. The number of hydrogen-bond donors (Lipinski definition) is 2. The van der Waals surface area contributed by atoms with Gasteiger partial charge in [-0.2, -0.15) is 4.98 Å². The Morgan fingerprint density at radius 2 is 2.08 bits per heavy atom. The minimum atomic E-state index is -0.409. The predicted molar refractivity (Wildman–Crippen MR) is 143 cm³/mol. The van der Waals surface area contributed by atoms with Gasteiger partial charge in [-0.3, -0.25) is 19.9 Å². The molecule has 2 fully saturated rings. The van der Waals surface area contributed by atoms with E-state index in [0.717, 1.165) is 67.9 Å². The molecule has 1 atom stereocenters. The summed E-state index contributed by atoms with van der Waals surface area (Å²) in [6, 6.07) is 7.96. The minimum Gasteiger partial charge on any atom is -0.481 e. The van der Waals surface area contributed by atoms with Gasteiger partial charge in [0.1, 0.15) is 0 Å². The Morgan fingerprint density at radius 3 is 2.81 bits per heavy atom. The summed E-state index contributed by atoms with van der Waals surface area (Å²) >= 11 is 2.71. The van der Waals surface area contributed by atoms with Gasteiger partial charge in [-0.15, -0.1) is 11.8 Å². The van der Waals surface area contributed by atoms with E-state index in [9.17, 15) is 9.59 Å². The van der Waals surface area contributed by atoms with E-state index < -0.39 is 5.91 Å². The summed E-state index contributed by atoms with van der Waals surface area (Å²) in [5.74, 6) is 2.65. The van der Waals surface area contributed by atoms with Gasteiger partial charge in [0.25, 0.3) is 11.1 Å². The molecule has 2 aromatic heterocycles. The normalized spacial score (nSPS) is 21.4. The quantitative estimate of drug-likeness (QED) is 0.498. The molecule has 11 heteroatoms. The number of methoxy groups -OCH3 is 1. The number of amides is 2. The number of piperidine rings is 1. The van der Waals surface area contributed by atoms with E-state index in [0.29, 0.717) is 34.3 Å².